The number of nitrogens with zero attached hydrogens (tertiary/aromatic N) is 1. The molecule has 0 aliphatic carbocycles. The lowest BCUT2D eigenvalue weighted by Gasteiger charge is -2.19. The monoisotopic (exact) mass is 356 g/mol. The van der Waals surface area contributed by atoms with Crippen LogP contribution in [0.15, 0.2) is 42.5 Å². The Morgan fingerprint density at radius 3 is 2.76 bits per heavy atom. The van der Waals surface area contributed by atoms with Crippen LogP contribution < -0.4 is 10.2 Å². The highest BCUT2D eigenvalue weighted by Gasteiger charge is 2.35. The predicted molar refractivity (Wildman–Crippen MR) is 99.7 cm³/mol. The van der Waals surface area contributed by atoms with Crippen molar-refractivity contribution in [2.45, 2.75) is 26.8 Å². The zero-order valence-electron chi connectivity index (χ0n) is 14.4. The summed E-state index contributed by atoms with van der Waals surface area (Å²) in [7, 11) is 0. The summed E-state index contributed by atoms with van der Waals surface area (Å²) in [6.45, 7) is 4.82. The van der Waals surface area contributed by atoms with Gasteiger partial charge in [0, 0.05) is 30.2 Å². The predicted octanol–water partition coefficient (Wildman–Crippen LogP) is 3.63. The minimum absolute atomic E-state index is 0.0267. The molecule has 1 N–H and O–H groups in total. The number of halogens is 1. The maximum Gasteiger partial charge on any atom is 0.227 e. The highest BCUT2D eigenvalue weighted by molar-refractivity contribution is 6.30. The largest absolute Gasteiger partial charge is 0.352 e. The number of benzene rings is 2. The highest BCUT2D eigenvalue weighted by Crippen LogP contribution is 2.29. The number of nitrogens with one attached hydrogen (secondary N) is 1. The van der Waals surface area contributed by atoms with Crippen molar-refractivity contribution in [2.24, 2.45) is 5.92 Å². The van der Waals surface area contributed by atoms with Crippen LogP contribution in [0, 0.1) is 19.8 Å². The van der Waals surface area contributed by atoms with E-state index in [2.05, 4.69) is 5.32 Å². The molecule has 0 radical (unpaired) electrons. The Bertz CT molecular complexity index is 819. The van der Waals surface area contributed by atoms with Gasteiger partial charge in [-0.15, -0.1) is 0 Å². The van der Waals surface area contributed by atoms with Crippen molar-refractivity contribution in [1.29, 1.82) is 0 Å². The molecule has 3 rings (SSSR count). The van der Waals surface area contributed by atoms with Crippen LogP contribution in [0.2, 0.25) is 5.02 Å². The van der Waals surface area contributed by atoms with E-state index in [0.717, 1.165) is 22.4 Å². The second kappa shape index (κ2) is 7.28. The van der Waals surface area contributed by atoms with E-state index in [-0.39, 0.29) is 24.2 Å². The standard InChI is InChI=1S/C20H21ClN2O2/c1-13-4-3-5-15(8-13)11-22-20(25)16-10-19(24)23(12-16)18-7-6-17(21)9-14(18)2/h3-9,16H,10-12H2,1-2H3,(H,22,25). The molecule has 1 aliphatic heterocycles. The molecule has 1 aliphatic rings. The van der Waals surface area contributed by atoms with Gasteiger partial charge in [0.1, 0.15) is 0 Å². The summed E-state index contributed by atoms with van der Waals surface area (Å²) < 4.78 is 0. The van der Waals surface area contributed by atoms with Crippen LogP contribution in [0.1, 0.15) is 23.1 Å². The van der Waals surface area contributed by atoms with Crippen molar-refractivity contribution in [1.82, 2.24) is 5.32 Å². The minimum Gasteiger partial charge on any atom is -0.352 e. The molecule has 0 saturated carbocycles. The molecule has 25 heavy (non-hydrogen) atoms. The van der Waals surface area contributed by atoms with E-state index in [9.17, 15) is 9.59 Å². The Hall–Kier alpha value is -2.33. The lowest BCUT2D eigenvalue weighted by atomic mass is 10.1. The van der Waals surface area contributed by atoms with Crippen molar-refractivity contribution in [3.05, 3.63) is 64.2 Å². The number of carbonyl (C=O) groups is 2. The molecule has 1 unspecified atom stereocenters. The Kier molecular flexibility index (Phi) is 5.09. The topological polar surface area (TPSA) is 49.4 Å². The van der Waals surface area contributed by atoms with Gasteiger partial charge in [-0.05, 0) is 43.2 Å². The molecule has 4 nitrogen and oxygen atoms in total. The van der Waals surface area contributed by atoms with Crippen molar-refractivity contribution in [2.75, 3.05) is 11.4 Å². The van der Waals surface area contributed by atoms with Gasteiger partial charge in [0.15, 0.2) is 0 Å². The summed E-state index contributed by atoms with van der Waals surface area (Å²) in [5.41, 5.74) is 3.97. The number of rotatable bonds is 4. The van der Waals surface area contributed by atoms with Crippen molar-refractivity contribution < 1.29 is 9.59 Å². The van der Waals surface area contributed by atoms with Gasteiger partial charge in [-0.25, -0.2) is 0 Å². The second-order valence-electron chi connectivity index (χ2n) is 6.54. The van der Waals surface area contributed by atoms with E-state index in [4.69, 9.17) is 11.6 Å². The van der Waals surface area contributed by atoms with E-state index in [0.29, 0.717) is 18.1 Å². The molecule has 1 heterocycles. The summed E-state index contributed by atoms with van der Waals surface area (Å²) in [6, 6.07) is 13.5. The molecule has 1 saturated heterocycles. The maximum absolute atomic E-state index is 12.5. The molecule has 0 spiro atoms. The lowest BCUT2D eigenvalue weighted by molar-refractivity contribution is -0.126. The fraction of sp³-hybridized carbons (Fsp3) is 0.300. The van der Waals surface area contributed by atoms with Crippen LogP contribution >= 0.6 is 11.6 Å². The number of amides is 2. The van der Waals surface area contributed by atoms with E-state index in [1.54, 1.807) is 11.0 Å². The maximum atomic E-state index is 12.5. The summed E-state index contributed by atoms with van der Waals surface area (Å²) >= 11 is 5.98. The average Bonchev–Trinajstić information content (AvgIpc) is 2.94. The Balaban J connectivity index is 1.64. The normalized spacial score (nSPS) is 17.0. The third-order valence-corrected chi connectivity index (χ3v) is 4.73. The first-order chi connectivity index (χ1) is 11.9. The first-order valence-corrected chi connectivity index (χ1v) is 8.71. The Morgan fingerprint density at radius 2 is 2.04 bits per heavy atom. The number of carbonyl (C=O) groups excluding carboxylic acids is 2. The third-order valence-electron chi connectivity index (χ3n) is 4.49. The fourth-order valence-corrected chi connectivity index (χ4v) is 3.42. The van der Waals surface area contributed by atoms with Gasteiger partial charge < -0.3 is 10.2 Å². The second-order valence-corrected chi connectivity index (χ2v) is 6.98. The molecule has 1 atom stereocenters. The quantitative estimate of drug-likeness (QED) is 0.909. The van der Waals surface area contributed by atoms with Gasteiger partial charge in [-0.3, -0.25) is 9.59 Å². The number of hydrogen-bond donors (Lipinski definition) is 1. The van der Waals surface area contributed by atoms with E-state index in [1.165, 1.54) is 0 Å². The molecular weight excluding hydrogens is 336 g/mol. The SMILES string of the molecule is Cc1cccc(CNC(=O)C2CC(=O)N(c3ccc(Cl)cc3C)C2)c1. The van der Waals surface area contributed by atoms with E-state index >= 15 is 0 Å². The van der Waals surface area contributed by atoms with Gasteiger partial charge in [0.25, 0.3) is 0 Å². The number of hydrogen-bond acceptors (Lipinski definition) is 2. The summed E-state index contributed by atoms with van der Waals surface area (Å²) in [5.74, 6) is -0.433. The van der Waals surface area contributed by atoms with Gasteiger partial charge in [-0.2, -0.15) is 0 Å². The average molecular weight is 357 g/mol. The van der Waals surface area contributed by atoms with E-state index < -0.39 is 0 Å². The number of anilines is 1. The molecule has 0 bridgehead atoms. The fourth-order valence-electron chi connectivity index (χ4n) is 3.19. The van der Waals surface area contributed by atoms with Gasteiger partial charge in [0.05, 0.1) is 5.92 Å². The molecule has 5 heteroatoms. The van der Waals surface area contributed by atoms with Gasteiger partial charge >= 0.3 is 0 Å². The van der Waals surface area contributed by atoms with Crippen LogP contribution in [-0.4, -0.2) is 18.4 Å². The van der Waals surface area contributed by atoms with Gasteiger partial charge in [-0.1, -0.05) is 41.4 Å². The minimum atomic E-state index is -0.326. The van der Waals surface area contributed by atoms with Crippen molar-refractivity contribution in [3.63, 3.8) is 0 Å². The highest BCUT2D eigenvalue weighted by atomic mass is 35.5. The zero-order chi connectivity index (χ0) is 18.0. The molecular formula is C20H21ClN2O2. The van der Waals surface area contributed by atoms with Gasteiger partial charge in [0.2, 0.25) is 11.8 Å². The van der Waals surface area contributed by atoms with Crippen LogP contribution in [-0.2, 0) is 16.1 Å². The third kappa shape index (κ3) is 4.02. The first kappa shape index (κ1) is 17.5. The van der Waals surface area contributed by atoms with Crippen molar-refractivity contribution in [3.8, 4) is 0 Å². The Labute approximate surface area is 152 Å². The van der Waals surface area contributed by atoms with Crippen LogP contribution in [0.3, 0.4) is 0 Å². The summed E-state index contributed by atoms with van der Waals surface area (Å²) in [6.07, 6.45) is 0.238. The Morgan fingerprint density at radius 1 is 1.24 bits per heavy atom. The van der Waals surface area contributed by atoms with Crippen LogP contribution in [0.4, 0.5) is 5.69 Å². The summed E-state index contributed by atoms with van der Waals surface area (Å²) in [4.78, 5) is 26.5. The molecule has 1 fully saturated rings. The molecule has 2 aromatic carbocycles. The molecule has 2 amide bonds. The first-order valence-electron chi connectivity index (χ1n) is 8.34. The lowest BCUT2D eigenvalue weighted by Crippen LogP contribution is -2.32. The molecule has 2 aromatic rings. The molecule has 130 valence electrons. The smallest absolute Gasteiger partial charge is 0.227 e. The van der Waals surface area contributed by atoms with Crippen LogP contribution in [0.5, 0.6) is 0 Å². The molecule has 0 aromatic heterocycles. The van der Waals surface area contributed by atoms with E-state index in [1.807, 2.05) is 50.2 Å². The van der Waals surface area contributed by atoms with Crippen LogP contribution in [0.25, 0.3) is 0 Å². The zero-order valence-corrected chi connectivity index (χ0v) is 15.1. The number of aryl methyl sites for hydroxylation is 2. The summed E-state index contributed by atoms with van der Waals surface area (Å²) in [5, 5.41) is 3.58. The van der Waals surface area contributed by atoms with Crippen molar-refractivity contribution >= 4 is 29.1 Å².